The molecule has 18 heavy (non-hydrogen) atoms. The average Bonchev–Trinajstić information content (AvgIpc) is 2.27. The molecule has 0 atom stereocenters. The third kappa shape index (κ3) is 4.63. The predicted octanol–water partition coefficient (Wildman–Crippen LogP) is 1.84. The molecule has 0 bridgehead atoms. The fraction of sp³-hybridized carbons (Fsp3) is 0.167. The standard InChI is InChI=1S/C12H11IN2O3/c1-2-6-15(8-11(16)17)12(18)14-10-5-3-4-9(13)7-10/h1,3-5,7H,6,8H2,(H,14,18)(H,16,17). The SMILES string of the molecule is C#CCN(CC(=O)O)C(=O)Nc1cccc(I)c1. The zero-order valence-corrected chi connectivity index (χ0v) is 11.5. The molecule has 1 rings (SSSR count). The summed E-state index contributed by atoms with van der Waals surface area (Å²) in [5.41, 5.74) is 0.597. The lowest BCUT2D eigenvalue weighted by atomic mass is 10.3. The number of terminal acetylenes is 1. The number of carboxylic acids is 1. The Morgan fingerprint density at radius 1 is 1.50 bits per heavy atom. The molecule has 1 aromatic carbocycles. The number of anilines is 1. The molecule has 0 aliphatic carbocycles. The molecule has 0 fully saturated rings. The maximum Gasteiger partial charge on any atom is 0.323 e. The van der Waals surface area contributed by atoms with Crippen molar-refractivity contribution in [1.82, 2.24) is 4.90 Å². The Kier molecular flexibility index (Phi) is 5.45. The van der Waals surface area contributed by atoms with Crippen LogP contribution in [-0.4, -0.2) is 35.1 Å². The van der Waals surface area contributed by atoms with Gasteiger partial charge in [0.2, 0.25) is 0 Å². The van der Waals surface area contributed by atoms with Crippen LogP contribution in [-0.2, 0) is 4.79 Å². The summed E-state index contributed by atoms with van der Waals surface area (Å²) < 4.78 is 0.965. The molecule has 0 spiro atoms. The van der Waals surface area contributed by atoms with Gasteiger partial charge in [-0.3, -0.25) is 4.79 Å². The van der Waals surface area contributed by atoms with Gasteiger partial charge in [-0.25, -0.2) is 4.79 Å². The van der Waals surface area contributed by atoms with Crippen molar-refractivity contribution in [2.24, 2.45) is 0 Å². The highest BCUT2D eigenvalue weighted by atomic mass is 127. The van der Waals surface area contributed by atoms with Gasteiger partial charge in [-0.05, 0) is 40.8 Å². The molecule has 0 radical (unpaired) electrons. The molecule has 6 heteroatoms. The summed E-state index contributed by atoms with van der Waals surface area (Å²) >= 11 is 2.11. The number of hydrogen-bond donors (Lipinski definition) is 2. The van der Waals surface area contributed by atoms with Crippen molar-refractivity contribution in [3.8, 4) is 12.3 Å². The van der Waals surface area contributed by atoms with Crippen molar-refractivity contribution in [1.29, 1.82) is 0 Å². The van der Waals surface area contributed by atoms with Crippen LogP contribution in [0.5, 0.6) is 0 Å². The van der Waals surface area contributed by atoms with Crippen LogP contribution in [0.1, 0.15) is 0 Å². The number of carbonyl (C=O) groups is 2. The van der Waals surface area contributed by atoms with Gasteiger partial charge in [0.25, 0.3) is 0 Å². The minimum atomic E-state index is -1.11. The summed E-state index contributed by atoms with van der Waals surface area (Å²) in [6.07, 6.45) is 5.09. The molecule has 0 saturated carbocycles. The van der Waals surface area contributed by atoms with Crippen molar-refractivity contribution < 1.29 is 14.7 Å². The number of carboxylic acid groups (broad SMARTS) is 1. The van der Waals surface area contributed by atoms with E-state index in [9.17, 15) is 9.59 Å². The number of carbonyl (C=O) groups excluding carboxylic acids is 1. The van der Waals surface area contributed by atoms with Crippen molar-refractivity contribution in [3.05, 3.63) is 27.8 Å². The maximum absolute atomic E-state index is 11.8. The number of halogens is 1. The molecule has 0 aromatic heterocycles. The normalized spacial score (nSPS) is 9.33. The second-order valence-corrected chi connectivity index (χ2v) is 4.64. The predicted molar refractivity (Wildman–Crippen MR) is 76.2 cm³/mol. The maximum atomic E-state index is 11.8. The molecule has 0 heterocycles. The number of nitrogens with zero attached hydrogens (tertiary/aromatic N) is 1. The Labute approximate surface area is 118 Å². The van der Waals surface area contributed by atoms with Crippen LogP contribution in [0.25, 0.3) is 0 Å². The van der Waals surface area contributed by atoms with E-state index in [0.29, 0.717) is 5.69 Å². The third-order valence-corrected chi connectivity index (χ3v) is 2.64. The number of urea groups is 1. The van der Waals surface area contributed by atoms with Crippen molar-refractivity contribution in [2.45, 2.75) is 0 Å². The molecule has 5 nitrogen and oxygen atoms in total. The first kappa shape index (κ1) is 14.3. The summed E-state index contributed by atoms with van der Waals surface area (Å²) in [4.78, 5) is 23.5. The summed E-state index contributed by atoms with van der Waals surface area (Å²) in [6, 6.07) is 6.63. The smallest absolute Gasteiger partial charge is 0.323 e. The van der Waals surface area contributed by atoms with Gasteiger partial charge in [0.15, 0.2) is 0 Å². The minimum Gasteiger partial charge on any atom is -0.480 e. The fourth-order valence-corrected chi connectivity index (χ4v) is 1.78. The molecule has 2 N–H and O–H groups in total. The van der Waals surface area contributed by atoms with E-state index in [-0.39, 0.29) is 6.54 Å². The second-order valence-electron chi connectivity index (χ2n) is 3.39. The van der Waals surface area contributed by atoms with Gasteiger partial charge in [-0.1, -0.05) is 12.0 Å². The number of amides is 2. The summed E-state index contributed by atoms with van der Waals surface area (Å²) in [7, 11) is 0. The zero-order chi connectivity index (χ0) is 13.5. The first-order valence-corrected chi connectivity index (χ1v) is 6.07. The van der Waals surface area contributed by atoms with Gasteiger partial charge in [-0.2, -0.15) is 0 Å². The van der Waals surface area contributed by atoms with E-state index in [2.05, 4.69) is 33.8 Å². The van der Waals surface area contributed by atoms with E-state index in [0.717, 1.165) is 8.47 Å². The van der Waals surface area contributed by atoms with Crippen molar-refractivity contribution >= 4 is 40.3 Å². The molecule has 1 aromatic rings. The lowest BCUT2D eigenvalue weighted by Crippen LogP contribution is -2.39. The highest BCUT2D eigenvalue weighted by Gasteiger charge is 2.15. The number of hydrogen-bond acceptors (Lipinski definition) is 2. The summed E-state index contributed by atoms with van der Waals surface area (Å²) in [6.45, 7) is -0.484. The van der Waals surface area contributed by atoms with Crippen LogP contribution in [0.3, 0.4) is 0 Å². The van der Waals surface area contributed by atoms with Gasteiger partial charge >= 0.3 is 12.0 Å². The van der Waals surface area contributed by atoms with Crippen LogP contribution in [0.15, 0.2) is 24.3 Å². The molecule has 0 saturated heterocycles. The second kappa shape index (κ2) is 6.86. The zero-order valence-electron chi connectivity index (χ0n) is 9.39. The van der Waals surface area contributed by atoms with Crippen LogP contribution < -0.4 is 5.32 Å². The Bertz CT molecular complexity index is 496. The van der Waals surface area contributed by atoms with Gasteiger partial charge < -0.3 is 15.3 Å². The number of nitrogens with one attached hydrogen (secondary N) is 1. The minimum absolute atomic E-state index is 0.0535. The molecular formula is C12H11IN2O3. The van der Waals surface area contributed by atoms with Crippen molar-refractivity contribution in [2.75, 3.05) is 18.4 Å². The average molecular weight is 358 g/mol. The largest absolute Gasteiger partial charge is 0.480 e. The molecule has 0 unspecified atom stereocenters. The Morgan fingerprint density at radius 2 is 2.22 bits per heavy atom. The molecule has 94 valence electrons. The van der Waals surface area contributed by atoms with E-state index < -0.39 is 18.5 Å². The van der Waals surface area contributed by atoms with Crippen LogP contribution >= 0.6 is 22.6 Å². The van der Waals surface area contributed by atoms with Gasteiger partial charge in [0.1, 0.15) is 6.54 Å². The van der Waals surface area contributed by atoms with E-state index in [4.69, 9.17) is 11.5 Å². The first-order valence-electron chi connectivity index (χ1n) is 4.99. The Hall–Kier alpha value is -1.75. The van der Waals surface area contributed by atoms with Gasteiger partial charge in [0, 0.05) is 9.26 Å². The van der Waals surface area contributed by atoms with Gasteiger partial charge in [-0.15, -0.1) is 6.42 Å². The Balaban J connectivity index is 2.72. The highest BCUT2D eigenvalue weighted by molar-refractivity contribution is 14.1. The van der Waals surface area contributed by atoms with E-state index in [1.165, 1.54) is 0 Å². The molecule has 0 aliphatic rings. The third-order valence-electron chi connectivity index (χ3n) is 1.97. The van der Waals surface area contributed by atoms with E-state index in [1.54, 1.807) is 18.2 Å². The van der Waals surface area contributed by atoms with Crippen LogP contribution in [0, 0.1) is 15.9 Å². The molecular weight excluding hydrogens is 347 g/mol. The summed E-state index contributed by atoms with van der Waals surface area (Å²) in [5.74, 6) is 1.14. The Morgan fingerprint density at radius 3 is 2.78 bits per heavy atom. The topological polar surface area (TPSA) is 69.6 Å². The lowest BCUT2D eigenvalue weighted by Gasteiger charge is -2.18. The molecule has 0 aliphatic heterocycles. The van der Waals surface area contributed by atoms with Crippen LogP contribution in [0.4, 0.5) is 10.5 Å². The van der Waals surface area contributed by atoms with E-state index in [1.807, 2.05) is 6.07 Å². The fourth-order valence-electron chi connectivity index (χ4n) is 1.24. The monoisotopic (exact) mass is 358 g/mol. The number of aliphatic carboxylic acids is 1. The quantitative estimate of drug-likeness (QED) is 0.638. The lowest BCUT2D eigenvalue weighted by molar-refractivity contribution is -0.137. The van der Waals surface area contributed by atoms with E-state index >= 15 is 0 Å². The number of benzene rings is 1. The first-order chi connectivity index (χ1) is 8.52. The summed E-state index contributed by atoms with van der Waals surface area (Å²) in [5, 5.41) is 11.3. The van der Waals surface area contributed by atoms with Crippen molar-refractivity contribution in [3.63, 3.8) is 0 Å². The molecule has 2 amide bonds. The van der Waals surface area contributed by atoms with Gasteiger partial charge in [0.05, 0.1) is 6.54 Å². The number of rotatable bonds is 4. The van der Waals surface area contributed by atoms with Crippen LogP contribution in [0.2, 0.25) is 0 Å². The highest BCUT2D eigenvalue weighted by Crippen LogP contribution is 2.12.